The van der Waals surface area contributed by atoms with Gasteiger partial charge in [-0.15, -0.1) is 0 Å². The van der Waals surface area contributed by atoms with E-state index in [1.165, 1.54) is 6.33 Å². The molecule has 0 aliphatic rings. The number of hydrogen-bond donors (Lipinski definition) is 4. The number of carbonyl (C=O) groups is 1. The molecule has 0 spiro atoms. The van der Waals surface area contributed by atoms with Crippen molar-refractivity contribution in [2.45, 2.75) is 6.04 Å². The van der Waals surface area contributed by atoms with Crippen molar-refractivity contribution >= 4 is 22.6 Å². The molecular formula is C18H19N5O2. The summed E-state index contributed by atoms with van der Waals surface area (Å²) < 4.78 is 0. The summed E-state index contributed by atoms with van der Waals surface area (Å²) in [6, 6.07) is 12.1. The Morgan fingerprint density at radius 2 is 2.04 bits per heavy atom. The molecule has 1 amide bonds. The Morgan fingerprint density at radius 3 is 2.76 bits per heavy atom. The predicted octanol–water partition coefficient (Wildman–Crippen LogP) is 1.81. The Kier molecular flexibility index (Phi) is 4.76. The number of nitrogens with one attached hydrogen (secondary N) is 2. The molecule has 0 aliphatic heterocycles. The Hall–Kier alpha value is -3.19. The summed E-state index contributed by atoms with van der Waals surface area (Å²) in [5, 5.41) is 16.9. The smallest absolute Gasteiger partial charge is 0.250 e. The van der Waals surface area contributed by atoms with Crippen LogP contribution in [0.3, 0.4) is 0 Å². The minimum absolute atomic E-state index is 0.132. The highest BCUT2D eigenvalue weighted by atomic mass is 16.3. The number of anilines is 1. The van der Waals surface area contributed by atoms with Crippen molar-refractivity contribution in [1.29, 1.82) is 0 Å². The highest BCUT2D eigenvalue weighted by Crippen LogP contribution is 2.27. The number of hydrogen-bond acceptors (Lipinski definition) is 6. The number of primary amides is 1. The quantitative estimate of drug-likeness (QED) is 0.545. The van der Waals surface area contributed by atoms with Gasteiger partial charge >= 0.3 is 0 Å². The van der Waals surface area contributed by atoms with Crippen LogP contribution < -0.4 is 16.4 Å². The van der Waals surface area contributed by atoms with Crippen LogP contribution in [-0.4, -0.2) is 34.6 Å². The molecule has 3 rings (SSSR count). The van der Waals surface area contributed by atoms with Gasteiger partial charge in [0.05, 0.1) is 17.1 Å². The summed E-state index contributed by atoms with van der Waals surface area (Å²) in [5.41, 5.74) is 7.20. The predicted molar refractivity (Wildman–Crippen MR) is 96.5 cm³/mol. The van der Waals surface area contributed by atoms with Crippen LogP contribution in [0.25, 0.3) is 10.9 Å². The van der Waals surface area contributed by atoms with E-state index in [1.54, 1.807) is 30.3 Å². The van der Waals surface area contributed by atoms with Crippen LogP contribution in [0.5, 0.6) is 5.75 Å². The zero-order valence-corrected chi connectivity index (χ0v) is 13.7. The molecule has 1 atom stereocenters. The number of fused-ring (bicyclic) bond motifs is 1. The van der Waals surface area contributed by atoms with Crippen LogP contribution in [0.2, 0.25) is 0 Å². The van der Waals surface area contributed by atoms with Gasteiger partial charge in [-0.3, -0.25) is 4.79 Å². The van der Waals surface area contributed by atoms with Crippen molar-refractivity contribution in [2.24, 2.45) is 5.73 Å². The van der Waals surface area contributed by atoms with E-state index in [-0.39, 0.29) is 11.8 Å². The number of aromatic hydroxyl groups is 1. The molecule has 25 heavy (non-hydrogen) atoms. The van der Waals surface area contributed by atoms with Gasteiger partial charge in [0.2, 0.25) is 0 Å². The van der Waals surface area contributed by atoms with Crippen molar-refractivity contribution in [3.05, 3.63) is 59.9 Å². The minimum Gasteiger partial charge on any atom is -0.508 e. The Bertz CT molecular complexity index is 913. The molecule has 2 aromatic carbocycles. The SMILES string of the molecule is CNC[C@@H](Nc1ncnc2c(C(N)=O)cccc12)c1cccc(O)c1. The highest BCUT2D eigenvalue weighted by Gasteiger charge is 2.16. The summed E-state index contributed by atoms with van der Waals surface area (Å²) in [5.74, 6) is 0.260. The van der Waals surface area contributed by atoms with E-state index in [0.717, 1.165) is 5.56 Å². The first-order valence-corrected chi connectivity index (χ1v) is 7.83. The number of carbonyl (C=O) groups excluding carboxylic acids is 1. The van der Waals surface area contributed by atoms with Gasteiger partial charge in [0.25, 0.3) is 5.91 Å². The fourth-order valence-electron chi connectivity index (χ4n) is 2.76. The van der Waals surface area contributed by atoms with Crippen molar-refractivity contribution in [3.8, 4) is 5.75 Å². The lowest BCUT2D eigenvalue weighted by Gasteiger charge is -2.20. The van der Waals surface area contributed by atoms with Crippen molar-refractivity contribution < 1.29 is 9.90 Å². The number of aromatic nitrogens is 2. The van der Waals surface area contributed by atoms with Gasteiger partial charge in [0.15, 0.2) is 0 Å². The van der Waals surface area contributed by atoms with Gasteiger partial charge in [-0.1, -0.05) is 18.2 Å². The second-order valence-corrected chi connectivity index (χ2v) is 5.64. The van der Waals surface area contributed by atoms with Gasteiger partial charge in [0, 0.05) is 11.9 Å². The fraction of sp³-hybridized carbons (Fsp3) is 0.167. The maximum Gasteiger partial charge on any atom is 0.250 e. The van der Waals surface area contributed by atoms with Gasteiger partial charge in [0.1, 0.15) is 17.9 Å². The number of likely N-dealkylation sites (N-methyl/N-ethyl adjacent to an activating group) is 1. The molecule has 1 aromatic heterocycles. The molecule has 0 saturated heterocycles. The van der Waals surface area contributed by atoms with E-state index in [1.807, 2.05) is 19.2 Å². The number of benzene rings is 2. The summed E-state index contributed by atoms with van der Waals surface area (Å²) in [6.45, 7) is 0.616. The average molecular weight is 337 g/mol. The second-order valence-electron chi connectivity index (χ2n) is 5.64. The molecule has 7 heteroatoms. The third-order valence-corrected chi connectivity index (χ3v) is 3.92. The van der Waals surface area contributed by atoms with Gasteiger partial charge in [-0.05, 0) is 36.9 Å². The Labute approximate surface area is 144 Å². The number of phenolic OH excluding ortho intramolecular Hbond substituents is 1. The lowest BCUT2D eigenvalue weighted by Crippen LogP contribution is -2.24. The minimum atomic E-state index is -0.532. The summed E-state index contributed by atoms with van der Waals surface area (Å²) >= 11 is 0. The third-order valence-electron chi connectivity index (χ3n) is 3.92. The zero-order chi connectivity index (χ0) is 17.8. The van der Waals surface area contributed by atoms with Crippen LogP contribution in [-0.2, 0) is 0 Å². The lowest BCUT2D eigenvalue weighted by molar-refractivity contribution is 0.100. The fourth-order valence-corrected chi connectivity index (χ4v) is 2.76. The monoisotopic (exact) mass is 337 g/mol. The van der Waals surface area contributed by atoms with E-state index >= 15 is 0 Å². The number of para-hydroxylation sites is 1. The second kappa shape index (κ2) is 7.14. The van der Waals surface area contributed by atoms with Crippen LogP contribution in [0.15, 0.2) is 48.8 Å². The number of amides is 1. The maximum absolute atomic E-state index is 11.6. The first-order chi connectivity index (χ1) is 12.1. The van der Waals surface area contributed by atoms with Gasteiger partial charge in [-0.2, -0.15) is 0 Å². The number of rotatable bonds is 6. The highest BCUT2D eigenvalue weighted by molar-refractivity contribution is 6.06. The summed E-state index contributed by atoms with van der Waals surface area (Å²) in [4.78, 5) is 20.1. The molecule has 0 aliphatic carbocycles. The van der Waals surface area contributed by atoms with E-state index < -0.39 is 5.91 Å². The van der Waals surface area contributed by atoms with Crippen LogP contribution in [0.4, 0.5) is 5.82 Å². The standard InChI is InChI=1S/C18H19N5O2/c1-20-9-15(11-4-2-5-12(24)8-11)23-18-14-7-3-6-13(17(19)25)16(14)21-10-22-18/h2-8,10,15,20,24H,9H2,1H3,(H2,19,25)(H,21,22,23)/t15-/m1/s1. The molecule has 3 aromatic rings. The van der Waals surface area contributed by atoms with E-state index in [4.69, 9.17) is 5.73 Å². The lowest BCUT2D eigenvalue weighted by atomic mass is 10.1. The third kappa shape index (κ3) is 3.51. The van der Waals surface area contributed by atoms with Crippen LogP contribution in [0.1, 0.15) is 22.0 Å². The number of nitrogens with zero attached hydrogens (tertiary/aromatic N) is 2. The number of nitrogens with two attached hydrogens (primary N) is 1. The first kappa shape index (κ1) is 16.7. The number of phenols is 1. The van der Waals surface area contributed by atoms with E-state index in [2.05, 4.69) is 20.6 Å². The Morgan fingerprint density at radius 1 is 1.24 bits per heavy atom. The van der Waals surface area contributed by atoms with Crippen LogP contribution in [0, 0.1) is 0 Å². The topological polar surface area (TPSA) is 113 Å². The first-order valence-electron chi connectivity index (χ1n) is 7.83. The van der Waals surface area contributed by atoms with Crippen molar-refractivity contribution in [2.75, 3.05) is 18.9 Å². The average Bonchev–Trinajstić information content (AvgIpc) is 2.61. The Balaban J connectivity index is 2.03. The van der Waals surface area contributed by atoms with Crippen molar-refractivity contribution in [1.82, 2.24) is 15.3 Å². The molecule has 0 saturated carbocycles. The van der Waals surface area contributed by atoms with Gasteiger partial charge < -0.3 is 21.5 Å². The molecule has 0 radical (unpaired) electrons. The molecule has 5 N–H and O–H groups in total. The molecule has 0 fully saturated rings. The molecule has 7 nitrogen and oxygen atoms in total. The maximum atomic E-state index is 11.6. The molecule has 0 unspecified atom stereocenters. The molecule has 0 bridgehead atoms. The van der Waals surface area contributed by atoms with E-state index in [9.17, 15) is 9.90 Å². The van der Waals surface area contributed by atoms with Crippen LogP contribution >= 0.6 is 0 Å². The zero-order valence-electron chi connectivity index (χ0n) is 13.7. The van der Waals surface area contributed by atoms with Gasteiger partial charge in [-0.25, -0.2) is 9.97 Å². The molecule has 128 valence electrons. The molecule has 1 heterocycles. The summed E-state index contributed by atoms with van der Waals surface area (Å²) in [7, 11) is 1.85. The van der Waals surface area contributed by atoms with Crippen molar-refractivity contribution in [3.63, 3.8) is 0 Å². The normalized spacial score (nSPS) is 12.0. The van der Waals surface area contributed by atoms with E-state index in [0.29, 0.717) is 28.8 Å². The summed E-state index contributed by atoms with van der Waals surface area (Å²) in [6.07, 6.45) is 1.40. The molecular weight excluding hydrogens is 318 g/mol. The largest absolute Gasteiger partial charge is 0.508 e.